The number of esters is 1. The van der Waals surface area contributed by atoms with Crippen LogP contribution in [0.3, 0.4) is 0 Å². The van der Waals surface area contributed by atoms with Gasteiger partial charge in [-0.1, -0.05) is 36.8 Å². The fourth-order valence-electron chi connectivity index (χ4n) is 3.58. The van der Waals surface area contributed by atoms with E-state index in [-0.39, 0.29) is 24.8 Å². The zero-order chi connectivity index (χ0) is 19.6. The summed E-state index contributed by atoms with van der Waals surface area (Å²) >= 11 is 0. The summed E-state index contributed by atoms with van der Waals surface area (Å²) in [6.45, 7) is 6.25. The van der Waals surface area contributed by atoms with Gasteiger partial charge in [-0.3, -0.25) is 4.79 Å². The second-order valence-corrected chi connectivity index (χ2v) is 7.29. The molecule has 1 saturated heterocycles. The molecule has 0 saturated carbocycles. The molecule has 144 valence electrons. The number of hydrogen-bond acceptors (Lipinski definition) is 4. The molecule has 2 aromatic rings. The minimum Gasteiger partial charge on any atom is -0.489 e. The predicted molar refractivity (Wildman–Crippen MR) is 100 cm³/mol. The molecular formula is C22H25FO4. The molecule has 1 aliphatic heterocycles. The third-order valence-corrected chi connectivity index (χ3v) is 4.93. The Morgan fingerprint density at radius 1 is 1.26 bits per heavy atom. The number of hydrogen-bond donors (Lipinski definition) is 1. The van der Waals surface area contributed by atoms with Gasteiger partial charge in [-0.05, 0) is 37.1 Å². The van der Waals surface area contributed by atoms with Crippen LogP contribution in [-0.2, 0) is 9.53 Å². The summed E-state index contributed by atoms with van der Waals surface area (Å²) in [4.78, 5) is 11.5. The lowest BCUT2D eigenvalue weighted by Gasteiger charge is -2.27. The molecule has 1 fully saturated rings. The quantitative estimate of drug-likeness (QED) is 0.805. The largest absolute Gasteiger partial charge is 0.489 e. The maximum Gasteiger partial charge on any atom is 0.308 e. The summed E-state index contributed by atoms with van der Waals surface area (Å²) in [7, 11) is 0. The number of aliphatic hydroxyl groups excluding tert-OH is 1. The van der Waals surface area contributed by atoms with Crippen molar-refractivity contribution in [2.45, 2.75) is 51.7 Å². The molecule has 0 bridgehead atoms. The minimum absolute atomic E-state index is 0.0127. The van der Waals surface area contributed by atoms with E-state index in [1.807, 2.05) is 19.9 Å². The van der Waals surface area contributed by atoms with Gasteiger partial charge in [0.1, 0.15) is 24.3 Å². The van der Waals surface area contributed by atoms with Gasteiger partial charge in [-0.15, -0.1) is 0 Å². The lowest BCUT2D eigenvalue weighted by atomic mass is 9.90. The number of aryl methyl sites for hydroxylation is 2. The van der Waals surface area contributed by atoms with Crippen molar-refractivity contribution in [3.8, 4) is 5.75 Å². The van der Waals surface area contributed by atoms with Crippen LogP contribution in [0.2, 0.25) is 0 Å². The number of benzene rings is 2. The van der Waals surface area contributed by atoms with Crippen LogP contribution in [0.5, 0.6) is 5.75 Å². The first-order valence-corrected chi connectivity index (χ1v) is 9.20. The Kier molecular flexibility index (Phi) is 5.80. The molecule has 0 spiro atoms. The highest BCUT2D eigenvalue weighted by molar-refractivity contribution is 5.71. The van der Waals surface area contributed by atoms with Gasteiger partial charge in [0.05, 0.1) is 12.5 Å². The smallest absolute Gasteiger partial charge is 0.308 e. The predicted octanol–water partition coefficient (Wildman–Crippen LogP) is 4.04. The molecule has 1 aliphatic rings. The molecule has 0 aromatic heterocycles. The molecule has 2 aromatic carbocycles. The van der Waals surface area contributed by atoms with Gasteiger partial charge < -0.3 is 14.6 Å². The Bertz CT molecular complexity index is 816. The molecule has 1 N–H and O–H groups in total. The molecule has 5 heteroatoms. The van der Waals surface area contributed by atoms with Crippen molar-refractivity contribution in [3.63, 3.8) is 0 Å². The van der Waals surface area contributed by atoms with E-state index >= 15 is 0 Å². The van der Waals surface area contributed by atoms with E-state index < -0.39 is 18.2 Å². The van der Waals surface area contributed by atoms with Crippen molar-refractivity contribution in [3.05, 3.63) is 64.5 Å². The topological polar surface area (TPSA) is 55.8 Å². The highest BCUT2D eigenvalue weighted by Gasteiger charge is 2.28. The normalized spacial score (nSPS) is 20.9. The van der Waals surface area contributed by atoms with Crippen LogP contribution < -0.4 is 4.74 Å². The first kappa shape index (κ1) is 19.4. The maximum absolute atomic E-state index is 13.3. The van der Waals surface area contributed by atoms with Gasteiger partial charge in [0.15, 0.2) is 0 Å². The lowest BCUT2D eigenvalue weighted by molar-refractivity contribution is -0.162. The van der Waals surface area contributed by atoms with Crippen molar-refractivity contribution in [1.29, 1.82) is 0 Å². The monoisotopic (exact) mass is 372 g/mol. The van der Waals surface area contributed by atoms with Crippen molar-refractivity contribution >= 4 is 5.97 Å². The Labute approximate surface area is 158 Å². The number of carbonyl (C=O) groups is 1. The molecule has 3 atom stereocenters. The van der Waals surface area contributed by atoms with E-state index in [9.17, 15) is 14.3 Å². The molecule has 1 heterocycles. The van der Waals surface area contributed by atoms with Gasteiger partial charge in [0, 0.05) is 17.9 Å². The summed E-state index contributed by atoms with van der Waals surface area (Å²) in [6, 6.07) is 10.6. The van der Waals surface area contributed by atoms with E-state index in [4.69, 9.17) is 9.47 Å². The Hall–Kier alpha value is -2.40. The number of ether oxygens (including phenoxy) is 2. The van der Waals surface area contributed by atoms with Crippen LogP contribution in [0.15, 0.2) is 36.4 Å². The Balaban J connectivity index is 1.84. The van der Waals surface area contributed by atoms with Crippen LogP contribution in [0.1, 0.15) is 47.9 Å². The molecule has 27 heavy (non-hydrogen) atoms. The molecule has 4 nitrogen and oxygen atoms in total. The van der Waals surface area contributed by atoms with Gasteiger partial charge in [-0.2, -0.15) is 0 Å². The van der Waals surface area contributed by atoms with E-state index in [1.54, 1.807) is 12.1 Å². The third-order valence-electron chi connectivity index (χ3n) is 4.93. The summed E-state index contributed by atoms with van der Waals surface area (Å²) in [5.74, 6) is 0.0932. The fraction of sp³-hybridized carbons (Fsp3) is 0.409. The summed E-state index contributed by atoms with van der Waals surface area (Å²) < 4.78 is 24.6. The van der Waals surface area contributed by atoms with Gasteiger partial charge in [0.2, 0.25) is 0 Å². The average molecular weight is 372 g/mol. The Morgan fingerprint density at radius 2 is 1.96 bits per heavy atom. The standard InChI is InChI=1S/C22H25FO4/c1-13-8-14(2)22(26-12-19-10-18(24)11-21(25)27-19)20(9-13)15(3)16-4-6-17(23)7-5-16/h4-9,15,18-19,24H,10-12H2,1-3H3/t15?,18-,19+/m1/s1. The SMILES string of the molecule is Cc1cc(C)c(OC[C@@H]2C[C@@H](O)CC(=O)O2)c(C(C)c2ccc(F)cc2)c1. The molecule has 0 aliphatic carbocycles. The lowest BCUT2D eigenvalue weighted by Crippen LogP contribution is -2.36. The van der Waals surface area contributed by atoms with Crippen LogP contribution >= 0.6 is 0 Å². The second kappa shape index (κ2) is 8.09. The first-order valence-electron chi connectivity index (χ1n) is 9.20. The van der Waals surface area contributed by atoms with Crippen molar-refractivity contribution in [2.24, 2.45) is 0 Å². The molecule has 0 amide bonds. The van der Waals surface area contributed by atoms with Gasteiger partial charge in [-0.25, -0.2) is 4.39 Å². The summed E-state index contributed by atoms with van der Waals surface area (Å²) in [6.07, 6.45) is -0.737. The van der Waals surface area contributed by atoms with Crippen molar-refractivity contribution < 1.29 is 23.8 Å². The number of rotatable bonds is 5. The number of halogens is 1. The zero-order valence-electron chi connectivity index (χ0n) is 15.9. The highest BCUT2D eigenvalue weighted by atomic mass is 19.1. The van der Waals surface area contributed by atoms with Crippen LogP contribution in [0.4, 0.5) is 4.39 Å². The van der Waals surface area contributed by atoms with Gasteiger partial charge in [0.25, 0.3) is 0 Å². The van der Waals surface area contributed by atoms with Crippen molar-refractivity contribution in [1.82, 2.24) is 0 Å². The van der Waals surface area contributed by atoms with E-state index in [2.05, 4.69) is 13.0 Å². The number of carbonyl (C=O) groups excluding carboxylic acids is 1. The van der Waals surface area contributed by atoms with Crippen LogP contribution in [-0.4, -0.2) is 29.9 Å². The van der Waals surface area contributed by atoms with Crippen LogP contribution in [0.25, 0.3) is 0 Å². The van der Waals surface area contributed by atoms with E-state index in [0.29, 0.717) is 6.42 Å². The Morgan fingerprint density at radius 3 is 2.63 bits per heavy atom. The fourth-order valence-corrected chi connectivity index (χ4v) is 3.58. The zero-order valence-corrected chi connectivity index (χ0v) is 15.9. The highest BCUT2D eigenvalue weighted by Crippen LogP contribution is 2.35. The average Bonchev–Trinajstić information content (AvgIpc) is 2.59. The van der Waals surface area contributed by atoms with Crippen LogP contribution in [0, 0.1) is 19.7 Å². The van der Waals surface area contributed by atoms with Gasteiger partial charge >= 0.3 is 5.97 Å². The third kappa shape index (κ3) is 4.66. The molecular weight excluding hydrogens is 347 g/mol. The maximum atomic E-state index is 13.3. The molecule has 1 unspecified atom stereocenters. The number of aliphatic hydroxyl groups is 1. The molecule has 3 rings (SSSR count). The van der Waals surface area contributed by atoms with Crippen molar-refractivity contribution in [2.75, 3.05) is 6.61 Å². The minimum atomic E-state index is -0.684. The summed E-state index contributed by atoms with van der Waals surface area (Å²) in [5, 5.41) is 9.77. The number of cyclic esters (lactones) is 1. The summed E-state index contributed by atoms with van der Waals surface area (Å²) in [5.41, 5.74) is 4.09. The van der Waals surface area contributed by atoms with E-state index in [0.717, 1.165) is 28.0 Å². The molecule has 0 radical (unpaired) electrons. The second-order valence-electron chi connectivity index (χ2n) is 7.29. The first-order chi connectivity index (χ1) is 12.8. The van der Waals surface area contributed by atoms with E-state index in [1.165, 1.54) is 12.1 Å².